The van der Waals surface area contributed by atoms with Crippen LogP contribution < -0.4 is 11.1 Å². The molecule has 0 aromatic heterocycles. The van der Waals surface area contributed by atoms with Crippen molar-refractivity contribution in [1.29, 1.82) is 0 Å². The van der Waals surface area contributed by atoms with Crippen molar-refractivity contribution in [3.8, 4) is 0 Å². The number of hydrogen-bond donors (Lipinski definition) is 2. The summed E-state index contributed by atoms with van der Waals surface area (Å²) in [5, 5.41) is 2.32. The molecule has 0 saturated carbocycles. The minimum atomic E-state index is -0.514. The van der Waals surface area contributed by atoms with Gasteiger partial charge in [0.05, 0.1) is 0 Å². The highest BCUT2D eigenvalue weighted by Crippen LogP contribution is 1.56. The molecule has 0 aliphatic carbocycles. The van der Waals surface area contributed by atoms with E-state index in [1.165, 1.54) is 0 Å². The second-order valence-corrected chi connectivity index (χ2v) is 1.03. The molecule has 0 bridgehead atoms. The second-order valence-electron chi connectivity index (χ2n) is 1.03. The molecule has 3 nitrogen and oxygen atoms in total. The van der Waals surface area contributed by atoms with Crippen molar-refractivity contribution in [2.75, 3.05) is 6.54 Å². The number of rotatable bonds is 2. The third kappa shape index (κ3) is 5.01. The zero-order valence-electron chi connectivity index (χ0n) is 3.98. The van der Waals surface area contributed by atoms with Crippen molar-refractivity contribution in [3.05, 3.63) is 12.7 Å². The SMILES string of the molecule is C=CCNC(N)=O.[HH]. The number of amides is 2. The Hall–Kier alpha value is -0.990. The van der Waals surface area contributed by atoms with Gasteiger partial charge in [-0.15, -0.1) is 6.58 Å². The normalized spacial score (nSPS) is 7.43. The zero-order valence-corrected chi connectivity index (χ0v) is 3.98. The lowest BCUT2D eigenvalue weighted by molar-refractivity contribution is 0.250. The summed E-state index contributed by atoms with van der Waals surface area (Å²) in [4.78, 5) is 9.82. The summed E-state index contributed by atoms with van der Waals surface area (Å²) >= 11 is 0. The van der Waals surface area contributed by atoms with Crippen LogP contribution in [0.5, 0.6) is 0 Å². The van der Waals surface area contributed by atoms with E-state index < -0.39 is 6.03 Å². The van der Waals surface area contributed by atoms with Crippen LogP contribution in [-0.2, 0) is 0 Å². The summed E-state index contributed by atoms with van der Waals surface area (Å²) in [5.74, 6) is 0. The Morgan fingerprint density at radius 1 is 2.14 bits per heavy atom. The second kappa shape index (κ2) is 3.21. The number of carbonyl (C=O) groups is 1. The van der Waals surface area contributed by atoms with Gasteiger partial charge >= 0.3 is 6.03 Å². The highest BCUT2D eigenvalue weighted by Gasteiger charge is 1.81. The third-order valence-electron chi connectivity index (χ3n) is 0.421. The predicted octanol–water partition coefficient (Wildman–Crippen LogP) is 0.0867. The van der Waals surface area contributed by atoms with Crippen molar-refractivity contribution >= 4 is 6.03 Å². The molecule has 3 heteroatoms. The average molecular weight is 102 g/mol. The van der Waals surface area contributed by atoms with Gasteiger partial charge in [0, 0.05) is 7.97 Å². The highest BCUT2D eigenvalue weighted by molar-refractivity contribution is 5.71. The van der Waals surface area contributed by atoms with E-state index in [2.05, 4.69) is 17.6 Å². The molecule has 0 fully saturated rings. The summed E-state index contributed by atoms with van der Waals surface area (Å²) in [6.45, 7) is 3.80. The molecule has 0 radical (unpaired) electrons. The molecule has 0 aliphatic heterocycles. The predicted molar refractivity (Wildman–Crippen MR) is 29.9 cm³/mol. The molecule has 42 valence electrons. The average Bonchev–Trinajstić information content (AvgIpc) is 1.61. The Morgan fingerprint density at radius 3 is 2.86 bits per heavy atom. The van der Waals surface area contributed by atoms with Crippen molar-refractivity contribution in [2.24, 2.45) is 5.73 Å². The lowest BCUT2D eigenvalue weighted by Gasteiger charge is -1.90. The van der Waals surface area contributed by atoms with E-state index in [9.17, 15) is 4.79 Å². The Kier molecular flexibility index (Phi) is 2.76. The van der Waals surface area contributed by atoms with E-state index >= 15 is 0 Å². The van der Waals surface area contributed by atoms with Gasteiger partial charge in [-0.05, 0) is 0 Å². The van der Waals surface area contributed by atoms with Crippen LogP contribution in [0.1, 0.15) is 1.43 Å². The van der Waals surface area contributed by atoms with Crippen molar-refractivity contribution in [1.82, 2.24) is 5.32 Å². The first-order chi connectivity index (χ1) is 3.27. The van der Waals surface area contributed by atoms with E-state index in [0.717, 1.165) is 0 Å². The molecular weight excluding hydrogens is 92.1 g/mol. The standard InChI is InChI=1S/C4H8N2O.H2/c1-2-3-6-4(5)7;/h2H,1,3H2,(H3,5,6,7);1H. The number of primary amides is 1. The molecule has 0 aliphatic rings. The minimum absolute atomic E-state index is 0. The first-order valence-corrected chi connectivity index (χ1v) is 1.91. The molecule has 0 unspecified atom stereocenters. The number of carbonyl (C=O) groups excluding carboxylic acids is 1. The first kappa shape index (κ1) is 6.01. The quantitative estimate of drug-likeness (QED) is 0.477. The summed E-state index contributed by atoms with van der Waals surface area (Å²) in [6.07, 6.45) is 1.56. The Bertz CT molecular complexity index is 84.1. The largest absolute Gasteiger partial charge is 0.352 e. The number of hydrogen-bond acceptors (Lipinski definition) is 1. The Morgan fingerprint density at radius 2 is 2.71 bits per heavy atom. The van der Waals surface area contributed by atoms with Gasteiger partial charge in [0.1, 0.15) is 0 Å². The monoisotopic (exact) mass is 102 g/mol. The molecule has 0 rings (SSSR count). The van der Waals surface area contributed by atoms with Crippen LogP contribution in [-0.4, -0.2) is 12.6 Å². The number of urea groups is 1. The molecule has 2 amide bonds. The first-order valence-electron chi connectivity index (χ1n) is 1.91. The van der Waals surface area contributed by atoms with E-state index in [-0.39, 0.29) is 1.43 Å². The molecule has 7 heavy (non-hydrogen) atoms. The van der Waals surface area contributed by atoms with Gasteiger partial charge in [0.15, 0.2) is 0 Å². The molecule has 0 atom stereocenters. The summed E-state index contributed by atoms with van der Waals surface area (Å²) in [5.41, 5.74) is 4.68. The fourth-order valence-corrected chi connectivity index (χ4v) is 0.173. The topological polar surface area (TPSA) is 55.1 Å². The summed E-state index contributed by atoms with van der Waals surface area (Å²) in [6, 6.07) is -0.514. The Labute approximate surface area is 43.7 Å². The fraction of sp³-hybridized carbons (Fsp3) is 0.250. The van der Waals surface area contributed by atoms with Crippen molar-refractivity contribution < 1.29 is 6.22 Å². The van der Waals surface area contributed by atoms with Crippen LogP contribution >= 0.6 is 0 Å². The molecule has 3 N–H and O–H groups in total. The molecule has 0 saturated heterocycles. The lowest BCUT2D eigenvalue weighted by atomic mass is 10.6. The van der Waals surface area contributed by atoms with Crippen LogP contribution in [0.2, 0.25) is 0 Å². The van der Waals surface area contributed by atoms with Gasteiger partial charge in [0.2, 0.25) is 0 Å². The number of nitrogens with two attached hydrogens (primary N) is 1. The number of nitrogens with one attached hydrogen (secondary N) is 1. The van der Waals surface area contributed by atoms with Crippen molar-refractivity contribution in [3.63, 3.8) is 0 Å². The summed E-state index contributed by atoms with van der Waals surface area (Å²) < 4.78 is 0. The minimum Gasteiger partial charge on any atom is -0.352 e. The van der Waals surface area contributed by atoms with Crippen LogP contribution in [0.25, 0.3) is 0 Å². The van der Waals surface area contributed by atoms with Gasteiger partial charge in [-0.3, -0.25) is 0 Å². The van der Waals surface area contributed by atoms with Gasteiger partial charge in [-0.1, -0.05) is 6.08 Å². The van der Waals surface area contributed by atoms with Crippen LogP contribution in [0.3, 0.4) is 0 Å². The van der Waals surface area contributed by atoms with Gasteiger partial charge < -0.3 is 11.1 Å². The maximum absolute atomic E-state index is 9.82. The maximum Gasteiger partial charge on any atom is 0.312 e. The van der Waals surface area contributed by atoms with Crippen LogP contribution in [0.4, 0.5) is 4.79 Å². The smallest absolute Gasteiger partial charge is 0.312 e. The molecular formula is C4H10N2O. The molecule has 0 heterocycles. The molecule has 0 aromatic carbocycles. The zero-order chi connectivity index (χ0) is 5.70. The lowest BCUT2D eigenvalue weighted by Crippen LogP contribution is -2.28. The molecule has 0 spiro atoms. The Balaban J connectivity index is 0. The van der Waals surface area contributed by atoms with E-state index in [1.54, 1.807) is 6.08 Å². The molecule has 0 aromatic rings. The van der Waals surface area contributed by atoms with Crippen molar-refractivity contribution in [2.45, 2.75) is 0 Å². The van der Waals surface area contributed by atoms with E-state index in [1.807, 2.05) is 0 Å². The third-order valence-corrected chi connectivity index (χ3v) is 0.421. The fourth-order valence-electron chi connectivity index (χ4n) is 0.173. The van der Waals surface area contributed by atoms with Gasteiger partial charge in [-0.25, -0.2) is 4.79 Å². The van der Waals surface area contributed by atoms with Crippen LogP contribution in [0.15, 0.2) is 12.7 Å². The van der Waals surface area contributed by atoms with E-state index in [4.69, 9.17) is 0 Å². The highest BCUT2D eigenvalue weighted by atomic mass is 16.2. The van der Waals surface area contributed by atoms with E-state index in [0.29, 0.717) is 6.54 Å². The summed E-state index contributed by atoms with van der Waals surface area (Å²) in [7, 11) is 0. The maximum atomic E-state index is 9.82. The van der Waals surface area contributed by atoms with Gasteiger partial charge in [0.25, 0.3) is 0 Å². The van der Waals surface area contributed by atoms with Crippen LogP contribution in [0, 0.1) is 0 Å². The van der Waals surface area contributed by atoms with Gasteiger partial charge in [-0.2, -0.15) is 0 Å².